The zero-order valence-electron chi connectivity index (χ0n) is 21.1. The fourth-order valence-electron chi connectivity index (χ4n) is 4.26. The number of benzene rings is 1. The molecule has 0 saturated carbocycles. The Bertz CT molecular complexity index is 1090. The van der Waals surface area contributed by atoms with E-state index < -0.39 is 29.5 Å². The normalized spacial score (nSPS) is 18.6. The molecule has 10 heteroatoms. The first-order valence-corrected chi connectivity index (χ1v) is 11.9. The van der Waals surface area contributed by atoms with Crippen molar-refractivity contribution < 1.29 is 23.9 Å². The molecule has 1 aromatic heterocycles. The average Bonchev–Trinajstić information content (AvgIpc) is 3.35. The smallest absolute Gasteiger partial charge is 0.410 e. The predicted octanol–water partition coefficient (Wildman–Crippen LogP) is 2.60. The van der Waals surface area contributed by atoms with Gasteiger partial charge in [-0.3, -0.25) is 9.59 Å². The molecule has 1 fully saturated rings. The highest BCUT2D eigenvalue weighted by atomic mass is 16.6. The van der Waals surface area contributed by atoms with E-state index in [2.05, 4.69) is 21.4 Å². The molecule has 1 aliphatic rings. The van der Waals surface area contributed by atoms with Crippen molar-refractivity contribution in [1.82, 2.24) is 20.2 Å². The minimum absolute atomic E-state index is 0.133. The molecule has 36 heavy (non-hydrogen) atoms. The number of hydrogen-bond donors (Lipinski definition) is 2. The zero-order valence-corrected chi connectivity index (χ0v) is 21.1. The lowest BCUT2D eigenvalue weighted by Gasteiger charge is -2.37. The van der Waals surface area contributed by atoms with Crippen molar-refractivity contribution in [2.45, 2.75) is 51.7 Å². The number of amides is 2. The molecule has 1 saturated heterocycles. The summed E-state index contributed by atoms with van der Waals surface area (Å²) in [5.74, 6) is -1.96. The van der Waals surface area contributed by atoms with Crippen molar-refractivity contribution >= 4 is 18.0 Å². The molecule has 0 aliphatic carbocycles. The molecule has 1 aliphatic heterocycles. The second-order valence-electron chi connectivity index (χ2n) is 10.0. The fourth-order valence-corrected chi connectivity index (χ4v) is 4.26. The van der Waals surface area contributed by atoms with Crippen molar-refractivity contribution in [2.24, 2.45) is 11.8 Å². The van der Waals surface area contributed by atoms with Gasteiger partial charge in [0, 0.05) is 37.4 Å². The highest BCUT2D eigenvalue weighted by Crippen LogP contribution is 2.25. The second kappa shape index (κ2) is 11.7. The van der Waals surface area contributed by atoms with Gasteiger partial charge in [0.15, 0.2) is 0 Å². The predicted molar refractivity (Wildman–Crippen MR) is 131 cm³/mol. The highest BCUT2D eigenvalue weighted by molar-refractivity contribution is 5.82. The number of ether oxygens (including phenoxy) is 2. The third-order valence-corrected chi connectivity index (χ3v) is 5.94. The molecular weight excluding hydrogens is 462 g/mol. The Hall–Kier alpha value is -3.87. The largest absolute Gasteiger partial charge is 0.469 e. The number of carbonyl (C=O) groups is 3. The number of imidazole rings is 1. The summed E-state index contributed by atoms with van der Waals surface area (Å²) in [6.07, 6.45) is 4.02. The Morgan fingerprint density at radius 3 is 2.47 bits per heavy atom. The summed E-state index contributed by atoms with van der Waals surface area (Å²) in [5, 5.41) is 12.2. The summed E-state index contributed by atoms with van der Waals surface area (Å²) in [6, 6.07) is 9.03. The Labute approximate surface area is 211 Å². The quantitative estimate of drug-likeness (QED) is 0.563. The van der Waals surface area contributed by atoms with Gasteiger partial charge in [-0.15, -0.1) is 0 Å². The minimum Gasteiger partial charge on any atom is -0.469 e. The Morgan fingerprint density at radius 1 is 1.19 bits per heavy atom. The van der Waals surface area contributed by atoms with Crippen LogP contribution in [0, 0.1) is 23.2 Å². The van der Waals surface area contributed by atoms with Gasteiger partial charge in [0.1, 0.15) is 5.60 Å². The number of piperidine rings is 1. The third-order valence-electron chi connectivity index (χ3n) is 5.94. The Morgan fingerprint density at radius 2 is 1.89 bits per heavy atom. The van der Waals surface area contributed by atoms with Crippen LogP contribution in [0.3, 0.4) is 0 Å². The molecule has 2 N–H and O–H groups in total. The molecular formula is C26H33N5O5. The number of H-pyrrole nitrogens is 1. The molecule has 2 heterocycles. The van der Waals surface area contributed by atoms with Gasteiger partial charge in [-0.25, -0.2) is 9.78 Å². The van der Waals surface area contributed by atoms with Gasteiger partial charge in [0.2, 0.25) is 5.91 Å². The van der Waals surface area contributed by atoms with E-state index in [9.17, 15) is 14.4 Å². The molecule has 3 rings (SSSR count). The number of nitrogens with zero attached hydrogens (tertiary/aromatic N) is 3. The minimum atomic E-state index is -0.705. The molecule has 1 unspecified atom stereocenters. The van der Waals surface area contributed by atoms with Gasteiger partial charge in [0.25, 0.3) is 0 Å². The number of carbonyl (C=O) groups excluding carboxylic acids is 3. The van der Waals surface area contributed by atoms with E-state index in [1.54, 1.807) is 45.4 Å². The fraction of sp³-hybridized carbons (Fsp3) is 0.500. The molecule has 192 valence electrons. The maximum Gasteiger partial charge on any atom is 0.410 e. The van der Waals surface area contributed by atoms with Crippen LogP contribution in [0.2, 0.25) is 0 Å². The van der Waals surface area contributed by atoms with Crippen molar-refractivity contribution in [3.8, 4) is 6.07 Å². The molecule has 3 atom stereocenters. The van der Waals surface area contributed by atoms with Gasteiger partial charge in [-0.1, -0.05) is 12.1 Å². The lowest BCUT2D eigenvalue weighted by molar-refractivity contribution is -0.148. The summed E-state index contributed by atoms with van der Waals surface area (Å²) in [6.45, 7) is 5.57. The Kier molecular flexibility index (Phi) is 8.69. The first-order valence-electron chi connectivity index (χ1n) is 11.9. The van der Waals surface area contributed by atoms with E-state index in [4.69, 9.17) is 14.7 Å². The van der Waals surface area contributed by atoms with Crippen LogP contribution >= 0.6 is 0 Å². The number of methoxy groups -OCH3 is 1. The summed E-state index contributed by atoms with van der Waals surface area (Å²) in [4.78, 5) is 47.1. The van der Waals surface area contributed by atoms with Crippen molar-refractivity contribution in [2.75, 3.05) is 20.2 Å². The lowest BCUT2D eigenvalue weighted by atomic mass is 9.88. The first kappa shape index (κ1) is 26.7. The maximum absolute atomic E-state index is 13.4. The number of esters is 1. The van der Waals surface area contributed by atoms with Crippen molar-refractivity contribution in [3.63, 3.8) is 0 Å². The molecule has 1 aromatic carbocycles. The number of nitriles is 1. The molecule has 2 aromatic rings. The average molecular weight is 496 g/mol. The van der Waals surface area contributed by atoms with Crippen LogP contribution in [0.4, 0.5) is 4.79 Å². The monoisotopic (exact) mass is 495 g/mol. The third kappa shape index (κ3) is 7.57. The van der Waals surface area contributed by atoms with Crippen molar-refractivity contribution in [3.05, 3.63) is 53.6 Å². The second-order valence-corrected chi connectivity index (χ2v) is 10.0. The number of aromatic nitrogens is 2. The van der Waals surface area contributed by atoms with Gasteiger partial charge in [0.05, 0.1) is 36.9 Å². The van der Waals surface area contributed by atoms with E-state index in [0.717, 1.165) is 11.3 Å². The van der Waals surface area contributed by atoms with Crippen LogP contribution < -0.4 is 5.32 Å². The maximum atomic E-state index is 13.4. The van der Waals surface area contributed by atoms with Crippen LogP contribution in [-0.4, -0.2) is 64.7 Å². The zero-order chi connectivity index (χ0) is 26.3. The van der Waals surface area contributed by atoms with Gasteiger partial charge < -0.3 is 24.7 Å². The summed E-state index contributed by atoms with van der Waals surface area (Å²) in [7, 11) is 1.29. The van der Waals surface area contributed by atoms with E-state index in [-0.39, 0.29) is 31.5 Å². The van der Waals surface area contributed by atoms with Crippen molar-refractivity contribution in [1.29, 1.82) is 5.26 Å². The van der Waals surface area contributed by atoms with Crippen LogP contribution in [0.5, 0.6) is 0 Å². The van der Waals surface area contributed by atoms with Crippen LogP contribution in [0.15, 0.2) is 36.8 Å². The number of aromatic amines is 1. The first-order chi connectivity index (χ1) is 17.1. The number of likely N-dealkylation sites (tertiary alicyclic amines) is 1. The SMILES string of the molecule is COC(=O)[C@@H]1C[C@@H](C(=O)NC(Cc2ccc(C#N)cc2)Cc2cnc[nH]2)CN(C(=O)OC(C)(C)C)C1. The Balaban J connectivity index is 1.76. The number of nitrogens with one attached hydrogen (secondary N) is 2. The van der Waals surface area contributed by atoms with Crippen LogP contribution in [0.1, 0.15) is 44.0 Å². The number of hydrogen-bond acceptors (Lipinski definition) is 7. The summed E-state index contributed by atoms with van der Waals surface area (Å²) < 4.78 is 10.4. The summed E-state index contributed by atoms with van der Waals surface area (Å²) in [5.41, 5.74) is 1.68. The van der Waals surface area contributed by atoms with Gasteiger partial charge in [-0.2, -0.15) is 5.26 Å². The summed E-state index contributed by atoms with van der Waals surface area (Å²) >= 11 is 0. The standard InChI is InChI=1S/C26H33N5O5/c1-26(2,3)36-25(34)31-14-19(10-20(15-31)24(33)35-4)23(32)30-21(11-22-13-28-16-29-22)9-17-5-7-18(12-27)8-6-17/h5-8,13,16,19-21H,9-11,14-15H2,1-4H3,(H,28,29)(H,30,32)/t19-,20-,21?/m1/s1. The van der Waals surface area contributed by atoms with E-state index in [1.165, 1.54) is 12.0 Å². The lowest BCUT2D eigenvalue weighted by Crippen LogP contribution is -2.53. The highest BCUT2D eigenvalue weighted by Gasteiger charge is 2.39. The van der Waals surface area contributed by atoms with E-state index in [1.807, 2.05) is 12.1 Å². The molecule has 0 spiro atoms. The molecule has 0 bridgehead atoms. The van der Waals surface area contributed by atoms with E-state index in [0.29, 0.717) is 18.4 Å². The van der Waals surface area contributed by atoms with Crippen LogP contribution in [0.25, 0.3) is 0 Å². The molecule has 10 nitrogen and oxygen atoms in total. The van der Waals surface area contributed by atoms with Gasteiger partial charge >= 0.3 is 12.1 Å². The van der Waals surface area contributed by atoms with Gasteiger partial charge in [-0.05, 0) is 51.3 Å². The van der Waals surface area contributed by atoms with Crippen LogP contribution in [-0.2, 0) is 31.9 Å². The topological polar surface area (TPSA) is 137 Å². The number of rotatable bonds is 7. The van der Waals surface area contributed by atoms with E-state index >= 15 is 0 Å². The molecule has 0 radical (unpaired) electrons. The molecule has 2 amide bonds.